The number of carbonyl (C=O) groups excluding carboxylic acids is 2. The molecule has 22 heavy (non-hydrogen) atoms. The van der Waals surface area contributed by atoms with Gasteiger partial charge in [-0.05, 0) is 30.0 Å². The van der Waals surface area contributed by atoms with Crippen molar-refractivity contribution in [1.29, 1.82) is 0 Å². The SMILES string of the molecule is CC(=O)SCC1CC(=O)N(CCc2ccnc3[nH]ccc23)C1. The van der Waals surface area contributed by atoms with E-state index in [-0.39, 0.29) is 11.0 Å². The summed E-state index contributed by atoms with van der Waals surface area (Å²) in [5.74, 6) is 1.24. The van der Waals surface area contributed by atoms with Crippen LogP contribution in [0.15, 0.2) is 24.5 Å². The number of hydrogen-bond donors (Lipinski definition) is 1. The van der Waals surface area contributed by atoms with Crippen LogP contribution in [-0.4, -0.2) is 44.7 Å². The van der Waals surface area contributed by atoms with E-state index >= 15 is 0 Å². The Morgan fingerprint density at radius 2 is 2.36 bits per heavy atom. The van der Waals surface area contributed by atoms with Gasteiger partial charge in [0.15, 0.2) is 5.12 Å². The third kappa shape index (κ3) is 3.32. The average Bonchev–Trinajstić information content (AvgIpc) is 3.09. The number of fused-ring (bicyclic) bond motifs is 1. The molecule has 1 fully saturated rings. The number of likely N-dealkylation sites (tertiary alicyclic amines) is 1. The van der Waals surface area contributed by atoms with E-state index in [1.165, 1.54) is 17.3 Å². The van der Waals surface area contributed by atoms with Crippen LogP contribution in [0.3, 0.4) is 0 Å². The van der Waals surface area contributed by atoms with Crippen LogP contribution in [0.1, 0.15) is 18.9 Å². The standard InChI is InChI=1S/C16H19N3O2S/c1-11(20)22-10-12-8-15(21)19(9-12)7-4-13-2-5-17-16-14(13)3-6-18-16/h2-3,5-6,12H,4,7-10H2,1H3,(H,17,18). The molecule has 2 aromatic heterocycles. The third-order valence-electron chi connectivity index (χ3n) is 4.02. The fourth-order valence-corrected chi connectivity index (χ4v) is 3.60. The average molecular weight is 317 g/mol. The highest BCUT2D eigenvalue weighted by atomic mass is 32.2. The van der Waals surface area contributed by atoms with Gasteiger partial charge in [0.05, 0.1) is 0 Å². The molecule has 1 aliphatic rings. The van der Waals surface area contributed by atoms with Crippen LogP contribution in [0.2, 0.25) is 0 Å². The van der Waals surface area contributed by atoms with Crippen molar-refractivity contribution in [2.45, 2.75) is 19.8 Å². The molecule has 3 rings (SSSR count). The lowest BCUT2D eigenvalue weighted by atomic mass is 10.1. The monoisotopic (exact) mass is 317 g/mol. The van der Waals surface area contributed by atoms with Gasteiger partial charge in [-0.25, -0.2) is 4.98 Å². The molecule has 0 bridgehead atoms. The first kappa shape index (κ1) is 15.1. The molecule has 1 amide bonds. The molecule has 6 heteroatoms. The number of nitrogens with zero attached hydrogens (tertiary/aromatic N) is 2. The Hall–Kier alpha value is -1.82. The summed E-state index contributed by atoms with van der Waals surface area (Å²) in [4.78, 5) is 32.4. The summed E-state index contributed by atoms with van der Waals surface area (Å²) >= 11 is 1.32. The van der Waals surface area contributed by atoms with Gasteiger partial charge >= 0.3 is 0 Å². The summed E-state index contributed by atoms with van der Waals surface area (Å²) in [6, 6.07) is 4.04. The second-order valence-corrected chi connectivity index (χ2v) is 6.87. The lowest BCUT2D eigenvalue weighted by Crippen LogP contribution is -2.27. The van der Waals surface area contributed by atoms with Gasteiger partial charge in [-0.1, -0.05) is 11.8 Å². The number of aromatic nitrogens is 2. The van der Waals surface area contributed by atoms with E-state index in [9.17, 15) is 9.59 Å². The summed E-state index contributed by atoms with van der Waals surface area (Å²) in [7, 11) is 0. The Kier molecular flexibility index (Phi) is 4.47. The molecule has 0 aliphatic carbocycles. The van der Waals surface area contributed by atoms with Crippen molar-refractivity contribution in [2.75, 3.05) is 18.8 Å². The molecule has 116 valence electrons. The highest BCUT2D eigenvalue weighted by Crippen LogP contribution is 2.23. The second kappa shape index (κ2) is 6.52. The van der Waals surface area contributed by atoms with E-state index in [2.05, 4.69) is 9.97 Å². The topological polar surface area (TPSA) is 66.1 Å². The first-order valence-corrected chi connectivity index (χ1v) is 8.44. The molecule has 0 saturated carbocycles. The number of carbonyl (C=O) groups is 2. The third-order valence-corrected chi connectivity index (χ3v) is 5.06. The molecule has 0 radical (unpaired) electrons. The summed E-state index contributed by atoms with van der Waals surface area (Å²) in [6.45, 7) is 3.07. The summed E-state index contributed by atoms with van der Waals surface area (Å²) < 4.78 is 0. The number of thioether (sulfide) groups is 1. The number of nitrogens with one attached hydrogen (secondary N) is 1. The zero-order chi connectivity index (χ0) is 15.5. The maximum absolute atomic E-state index is 12.1. The summed E-state index contributed by atoms with van der Waals surface area (Å²) in [6.07, 6.45) is 5.08. The molecule has 1 saturated heterocycles. The molecular weight excluding hydrogens is 298 g/mol. The fourth-order valence-electron chi connectivity index (χ4n) is 2.91. The Morgan fingerprint density at radius 3 is 3.18 bits per heavy atom. The molecule has 1 aliphatic heterocycles. The Labute approximate surface area is 133 Å². The molecule has 1 atom stereocenters. The molecule has 1 unspecified atom stereocenters. The van der Waals surface area contributed by atoms with Gasteiger partial charge in [0, 0.05) is 50.0 Å². The fraction of sp³-hybridized carbons (Fsp3) is 0.438. The first-order chi connectivity index (χ1) is 10.6. The van der Waals surface area contributed by atoms with Crippen molar-refractivity contribution in [2.24, 2.45) is 5.92 Å². The van der Waals surface area contributed by atoms with Gasteiger partial charge < -0.3 is 9.88 Å². The van der Waals surface area contributed by atoms with Crippen molar-refractivity contribution in [1.82, 2.24) is 14.9 Å². The van der Waals surface area contributed by atoms with Crippen molar-refractivity contribution in [3.05, 3.63) is 30.1 Å². The lowest BCUT2D eigenvalue weighted by Gasteiger charge is -2.16. The predicted octanol–water partition coefficient (Wildman–Crippen LogP) is 2.23. The predicted molar refractivity (Wildman–Crippen MR) is 87.6 cm³/mol. The van der Waals surface area contributed by atoms with Crippen molar-refractivity contribution in [3.63, 3.8) is 0 Å². The number of rotatable bonds is 5. The van der Waals surface area contributed by atoms with Gasteiger partial charge in [-0.3, -0.25) is 9.59 Å². The number of hydrogen-bond acceptors (Lipinski definition) is 4. The maximum Gasteiger partial charge on any atom is 0.222 e. The smallest absolute Gasteiger partial charge is 0.222 e. The molecular formula is C16H19N3O2S. The first-order valence-electron chi connectivity index (χ1n) is 7.45. The number of H-pyrrole nitrogens is 1. The second-order valence-electron chi connectivity index (χ2n) is 5.67. The minimum atomic E-state index is 0.123. The molecule has 2 aromatic rings. The highest BCUT2D eigenvalue weighted by molar-refractivity contribution is 8.13. The van der Waals surface area contributed by atoms with Crippen LogP contribution >= 0.6 is 11.8 Å². The van der Waals surface area contributed by atoms with Crippen LogP contribution in [0.5, 0.6) is 0 Å². The van der Waals surface area contributed by atoms with E-state index in [0.717, 1.165) is 36.3 Å². The van der Waals surface area contributed by atoms with Crippen LogP contribution in [-0.2, 0) is 16.0 Å². The minimum Gasteiger partial charge on any atom is -0.346 e. The Bertz CT molecular complexity index is 698. The van der Waals surface area contributed by atoms with Crippen molar-refractivity contribution < 1.29 is 9.59 Å². The summed E-state index contributed by atoms with van der Waals surface area (Å²) in [5, 5.41) is 1.25. The molecule has 0 aromatic carbocycles. The van der Waals surface area contributed by atoms with Crippen LogP contribution < -0.4 is 0 Å². The molecule has 1 N–H and O–H groups in total. The van der Waals surface area contributed by atoms with E-state index in [0.29, 0.717) is 12.3 Å². The summed E-state index contributed by atoms with van der Waals surface area (Å²) in [5.41, 5.74) is 2.10. The molecule has 5 nitrogen and oxygen atoms in total. The largest absolute Gasteiger partial charge is 0.346 e. The Balaban J connectivity index is 1.58. The number of pyridine rings is 1. The number of aromatic amines is 1. The maximum atomic E-state index is 12.1. The normalized spacial score (nSPS) is 18.3. The van der Waals surface area contributed by atoms with Gasteiger partial charge in [0.25, 0.3) is 0 Å². The quantitative estimate of drug-likeness (QED) is 0.918. The zero-order valence-electron chi connectivity index (χ0n) is 12.5. The van der Waals surface area contributed by atoms with E-state index < -0.39 is 0 Å². The van der Waals surface area contributed by atoms with Crippen molar-refractivity contribution in [3.8, 4) is 0 Å². The minimum absolute atomic E-state index is 0.123. The van der Waals surface area contributed by atoms with Crippen LogP contribution in [0.25, 0.3) is 11.0 Å². The lowest BCUT2D eigenvalue weighted by molar-refractivity contribution is -0.127. The van der Waals surface area contributed by atoms with Crippen molar-refractivity contribution >= 4 is 33.8 Å². The van der Waals surface area contributed by atoms with Gasteiger partial charge in [-0.2, -0.15) is 0 Å². The van der Waals surface area contributed by atoms with Gasteiger partial charge in [-0.15, -0.1) is 0 Å². The van der Waals surface area contributed by atoms with E-state index in [1.54, 1.807) is 13.1 Å². The highest BCUT2D eigenvalue weighted by Gasteiger charge is 2.29. The van der Waals surface area contributed by atoms with Crippen LogP contribution in [0.4, 0.5) is 0 Å². The van der Waals surface area contributed by atoms with Gasteiger partial charge in [0.1, 0.15) is 5.65 Å². The van der Waals surface area contributed by atoms with E-state index in [4.69, 9.17) is 0 Å². The van der Waals surface area contributed by atoms with Gasteiger partial charge in [0.2, 0.25) is 5.91 Å². The van der Waals surface area contributed by atoms with Crippen LogP contribution in [0, 0.1) is 5.92 Å². The molecule has 3 heterocycles. The Morgan fingerprint density at radius 1 is 1.50 bits per heavy atom. The zero-order valence-corrected chi connectivity index (χ0v) is 13.4. The molecule has 0 spiro atoms. The number of amides is 1. The van der Waals surface area contributed by atoms with E-state index in [1.807, 2.05) is 23.2 Å².